The van der Waals surface area contributed by atoms with E-state index in [1.165, 1.54) is 28.6 Å². The van der Waals surface area contributed by atoms with Gasteiger partial charge in [0.1, 0.15) is 6.04 Å². The van der Waals surface area contributed by atoms with Crippen molar-refractivity contribution in [2.45, 2.75) is 44.6 Å². The Morgan fingerprint density at radius 2 is 1.69 bits per heavy atom. The molecule has 0 bridgehead atoms. The molecule has 0 saturated heterocycles. The summed E-state index contributed by atoms with van der Waals surface area (Å²) in [4.78, 5) is 23.1. The van der Waals surface area contributed by atoms with Crippen LogP contribution < -0.4 is 10.6 Å². The SMILES string of the molecule is CCCC(NCC(=O)Nc1ccc(S(=O)(=O)N(CC)CC)cc1)C(=O)O. The van der Waals surface area contributed by atoms with Crippen LogP contribution in [0.3, 0.4) is 0 Å². The lowest BCUT2D eigenvalue weighted by Gasteiger charge is -2.18. The van der Waals surface area contributed by atoms with Gasteiger partial charge in [-0.1, -0.05) is 27.2 Å². The number of aliphatic carboxylic acids is 1. The Hall–Kier alpha value is -1.97. The average molecular weight is 385 g/mol. The highest BCUT2D eigenvalue weighted by atomic mass is 32.2. The number of carboxylic acids is 1. The van der Waals surface area contributed by atoms with Crippen LogP contribution in [0.15, 0.2) is 29.2 Å². The third-order valence-corrected chi connectivity index (χ3v) is 5.93. The van der Waals surface area contributed by atoms with Gasteiger partial charge in [-0.15, -0.1) is 0 Å². The second kappa shape index (κ2) is 10.2. The van der Waals surface area contributed by atoms with E-state index < -0.39 is 27.9 Å². The molecule has 0 aliphatic rings. The highest BCUT2D eigenvalue weighted by Crippen LogP contribution is 2.18. The first-order valence-corrected chi connectivity index (χ1v) is 10.1. The van der Waals surface area contributed by atoms with Crippen LogP contribution in [0.2, 0.25) is 0 Å². The first-order valence-electron chi connectivity index (χ1n) is 8.62. The maximum Gasteiger partial charge on any atom is 0.320 e. The van der Waals surface area contributed by atoms with Gasteiger partial charge in [-0.05, 0) is 30.7 Å². The van der Waals surface area contributed by atoms with Crippen molar-refractivity contribution in [3.63, 3.8) is 0 Å². The topological polar surface area (TPSA) is 116 Å². The molecule has 0 fully saturated rings. The van der Waals surface area contributed by atoms with Crippen LogP contribution >= 0.6 is 0 Å². The Labute approximate surface area is 154 Å². The Bertz CT molecular complexity index is 700. The predicted molar refractivity (Wildman–Crippen MR) is 99.5 cm³/mol. The van der Waals surface area contributed by atoms with Crippen molar-refractivity contribution >= 4 is 27.6 Å². The first-order chi connectivity index (χ1) is 12.3. The van der Waals surface area contributed by atoms with E-state index in [1.807, 2.05) is 6.92 Å². The average Bonchev–Trinajstić information content (AvgIpc) is 2.59. The number of carboxylic acid groups (broad SMARTS) is 1. The highest BCUT2D eigenvalue weighted by molar-refractivity contribution is 7.89. The number of carbonyl (C=O) groups is 2. The standard InChI is InChI=1S/C17H27N3O5S/c1-4-7-15(17(22)23)18-12-16(21)19-13-8-10-14(11-9-13)26(24,25)20(5-2)6-3/h8-11,15,18H,4-7,12H2,1-3H3,(H,19,21)(H,22,23). The first kappa shape index (κ1) is 22.1. The van der Waals surface area contributed by atoms with Gasteiger partial charge in [0.15, 0.2) is 0 Å². The maximum absolute atomic E-state index is 12.4. The minimum absolute atomic E-state index is 0.142. The van der Waals surface area contributed by atoms with Crippen LogP contribution in [-0.2, 0) is 19.6 Å². The Balaban J connectivity index is 2.69. The molecule has 0 aromatic heterocycles. The lowest BCUT2D eigenvalue weighted by Crippen LogP contribution is -2.41. The van der Waals surface area contributed by atoms with Gasteiger partial charge in [0.25, 0.3) is 0 Å². The zero-order valence-electron chi connectivity index (χ0n) is 15.4. The van der Waals surface area contributed by atoms with Crippen LogP contribution in [0.25, 0.3) is 0 Å². The number of nitrogens with zero attached hydrogens (tertiary/aromatic N) is 1. The fourth-order valence-electron chi connectivity index (χ4n) is 2.45. The molecule has 0 spiro atoms. The molecule has 0 aliphatic heterocycles. The Morgan fingerprint density at radius 1 is 1.12 bits per heavy atom. The number of sulfonamides is 1. The number of carbonyl (C=O) groups excluding carboxylic acids is 1. The van der Waals surface area contributed by atoms with Crippen molar-refractivity contribution in [1.29, 1.82) is 0 Å². The lowest BCUT2D eigenvalue weighted by atomic mass is 10.2. The molecule has 1 unspecified atom stereocenters. The molecule has 1 amide bonds. The van der Waals surface area contributed by atoms with Crippen molar-refractivity contribution in [3.05, 3.63) is 24.3 Å². The van der Waals surface area contributed by atoms with Gasteiger partial charge in [0.2, 0.25) is 15.9 Å². The Kier molecular flexibility index (Phi) is 8.70. The molecule has 9 heteroatoms. The molecule has 1 aromatic carbocycles. The molecule has 0 saturated carbocycles. The van der Waals surface area contributed by atoms with Gasteiger partial charge in [-0.3, -0.25) is 14.9 Å². The second-order valence-electron chi connectivity index (χ2n) is 5.72. The maximum atomic E-state index is 12.4. The second-order valence-corrected chi connectivity index (χ2v) is 7.66. The summed E-state index contributed by atoms with van der Waals surface area (Å²) in [5, 5.41) is 14.3. The monoisotopic (exact) mass is 385 g/mol. The molecule has 1 aromatic rings. The van der Waals surface area contributed by atoms with E-state index in [-0.39, 0.29) is 11.4 Å². The molecular weight excluding hydrogens is 358 g/mol. The highest BCUT2D eigenvalue weighted by Gasteiger charge is 2.21. The van der Waals surface area contributed by atoms with Gasteiger partial charge in [0.05, 0.1) is 11.4 Å². The fourth-order valence-corrected chi connectivity index (χ4v) is 3.90. The number of rotatable bonds is 11. The molecule has 26 heavy (non-hydrogen) atoms. The third-order valence-electron chi connectivity index (χ3n) is 3.87. The van der Waals surface area contributed by atoms with Gasteiger partial charge in [-0.2, -0.15) is 4.31 Å². The summed E-state index contributed by atoms with van der Waals surface area (Å²) in [6.45, 7) is 6.02. The summed E-state index contributed by atoms with van der Waals surface area (Å²) in [5.41, 5.74) is 0.442. The summed E-state index contributed by atoms with van der Waals surface area (Å²) in [6.07, 6.45) is 1.12. The summed E-state index contributed by atoms with van der Waals surface area (Å²) >= 11 is 0. The number of hydrogen-bond donors (Lipinski definition) is 3. The van der Waals surface area contributed by atoms with Gasteiger partial charge >= 0.3 is 5.97 Å². The summed E-state index contributed by atoms with van der Waals surface area (Å²) in [7, 11) is -3.54. The molecular formula is C17H27N3O5S. The molecule has 0 radical (unpaired) electrons. The minimum Gasteiger partial charge on any atom is -0.480 e. The largest absolute Gasteiger partial charge is 0.480 e. The van der Waals surface area contributed by atoms with Crippen LogP contribution in [0.1, 0.15) is 33.6 Å². The van der Waals surface area contributed by atoms with Gasteiger partial charge in [-0.25, -0.2) is 8.42 Å². The quantitative estimate of drug-likeness (QED) is 0.532. The molecule has 1 rings (SSSR count). The summed E-state index contributed by atoms with van der Waals surface area (Å²) in [5.74, 6) is -1.39. The van der Waals surface area contributed by atoms with E-state index >= 15 is 0 Å². The van der Waals surface area contributed by atoms with Crippen LogP contribution in [-0.4, -0.2) is 55.4 Å². The number of benzene rings is 1. The fraction of sp³-hybridized carbons (Fsp3) is 0.529. The zero-order valence-corrected chi connectivity index (χ0v) is 16.2. The lowest BCUT2D eigenvalue weighted by molar-refractivity contribution is -0.139. The smallest absolute Gasteiger partial charge is 0.320 e. The van der Waals surface area contributed by atoms with Gasteiger partial charge < -0.3 is 10.4 Å². The van der Waals surface area contributed by atoms with Crippen molar-refractivity contribution in [2.24, 2.45) is 0 Å². The van der Waals surface area contributed by atoms with E-state index in [9.17, 15) is 18.0 Å². The summed E-state index contributed by atoms with van der Waals surface area (Å²) < 4.78 is 26.2. The molecule has 146 valence electrons. The molecule has 0 heterocycles. The van der Waals surface area contributed by atoms with E-state index in [1.54, 1.807) is 13.8 Å². The summed E-state index contributed by atoms with van der Waals surface area (Å²) in [6, 6.07) is 5.12. The van der Waals surface area contributed by atoms with Crippen molar-refractivity contribution < 1.29 is 23.1 Å². The molecule has 1 atom stereocenters. The van der Waals surface area contributed by atoms with Crippen LogP contribution in [0.4, 0.5) is 5.69 Å². The van der Waals surface area contributed by atoms with E-state index in [0.717, 1.165) is 0 Å². The molecule has 0 aliphatic carbocycles. The van der Waals surface area contributed by atoms with E-state index in [4.69, 9.17) is 5.11 Å². The number of hydrogen-bond acceptors (Lipinski definition) is 5. The van der Waals surface area contributed by atoms with Gasteiger partial charge in [0, 0.05) is 18.8 Å². The van der Waals surface area contributed by atoms with Crippen LogP contribution in [0.5, 0.6) is 0 Å². The number of nitrogens with one attached hydrogen (secondary N) is 2. The van der Waals surface area contributed by atoms with Crippen molar-refractivity contribution in [1.82, 2.24) is 9.62 Å². The third kappa shape index (κ3) is 6.08. The van der Waals surface area contributed by atoms with Crippen molar-refractivity contribution in [3.8, 4) is 0 Å². The predicted octanol–water partition coefficient (Wildman–Crippen LogP) is 1.50. The van der Waals surface area contributed by atoms with Crippen molar-refractivity contribution in [2.75, 3.05) is 25.0 Å². The van der Waals surface area contributed by atoms with E-state index in [0.29, 0.717) is 31.6 Å². The Morgan fingerprint density at radius 3 is 2.15 bits per heavy atom. The normalized spacial score (nSPS) is 12.8. The number of anilines is 1. The van der Waals surface area contributed by atoms with Crippen LogP contribution in [0, 0.1) is 0 Å². The molecule has 3 N–H and O–H groups in total. The zero-order chi connectivity index (χ0) is 19.7. The minimum atomic E-state index is -3.54. The number of amides is 1. The van der Waals surface area contributed by atoms with E-state index in [2.05, 4.69) is 10.6 Å². The molecule has 8 nitrogen and oxygen atoms in total.